The van der Waals surface area contributed by atoms with E-state index in [1.165, 1.54) is 0 Å². The molecule has 0 spiro atoms. The number of carbonyl (C=O) groups excluding carboxylic acids is 1. The molecule has 1 atom stereocenters. The van der Waals surface area contributed by atoms with Crippen molar-refractivity contribution in [1.82, 2.24) is 9.71 Å². The van der Waals surface area contributed by atoms with E-state index in [2.05, 4.69) is 20.0 Å². The van der Waals surface area contributed by atoms with E-state index in [0.29, 0.717) is 35.7 Å². The fourth-order valence-corrected chi connectivity index (χ4v) is 4.73. The first-order valence-electron chi connectivity index (χ1n) is 9.91. The number of aliphatic imine (C=N–C) groups is 1. The summed E-state index contributed by atoms with van der Waals surface area (Å²) in [5, 5.41) is 10.5. The topological polar surface area (TPSA) is 113 Å². The van der Waals surface area contributed by atoms with Gasteiger partial charge in [-0.2, -0.15) is 0 Å². The maximum atomic E-state index is 12.9. The number of amides is 1. The molecule has 1 fully saturated rings. The van der Waals surface area contributed by atoms with Gasteiger partial charge in [0.15, 0.2) is 11.2 Å². The van der Waals surface area contributed by atoms with Gasteiger partial charge in [-0.15, -0.1) is 0 Å². The summed E-state index contributed by atoms with van der Waals surface area (Å²) < 4.78 is 16.8. The zero-order valence-electron chi connectivity index (χ0n) is 17.0. The molecule has 1 aromatic heterocycles. The summed E-state index contributed by atoms with van der Waals surface area (Å²) in [5.41, 5.74) is 3.67. The molecule has 4 rings (SSSR count). The van der Waals surface area contributed by atoms with Gasteiger partial charge in [-0.05, 0) is 48.9 Å². The van der Waals surface area contributed by atoms with Crippen LogP contribution in [0.2, 0.25) is 5.02 Å². The van der Waals surface area contributed by atoms with Crippen LogP contribution in [0.15, 0.2) is 65.8 Å². The van der Waals surface area contributed by atoms with Crippen molar-refractivity contribution in [2.24, 2.45) is 4.99 Å². The van der Waals surface area contributed by atoms with Gasteiger partial charge in [0.05, 0.1) is 27.7 Å². The first-order valence-corrected chi connectivity index (χ1v) is 11.4. The quantitative estimate of drug-likeness (QED) is 0.326. The Morgan fingerprint density at radius 2 is 2.09 bits per heavy atom. The summed E-state index contributed by atoms with van der Waals surface area (Å²) in [4.78, 5) is 20.1. The molecule has 0 aliphatic carbocycles. The van der Waals surface area contributed by atoms with E-state index in [1.807, 2.05) is 18.2 Å². The van der Waals surface area contributed by atoms with Gasteiger partial charge in [-0.3, -0.25) is 14.5 Å². The van der Waals surface area contributed by atoms with Crippen LogP contribution in [0.4, 0.5) is 11.4 Å². The Kier molecular flexibility index (Phi) is 6.79. The Balaban J connectivity index is 1.54. The number of benzene rings is 2. The van der Waals surface area contributed by atoms with E-state index in [9.17, 15) is 9.00 Å². The van der Waals surface area contributed by atoms with E-state index in [-0.39, 0.29) is 10.9 Å². The predicted octanol–water partition coefficient (Wildman–Crippen LogP) is 3.74. The number of rotatable bonds is 6. The molecule has 1 saturated heterocycles. The lowest BCUT2D eigenvalue weighted by molar-refractivity contribution is 0.102. The van der Waals surface area contributed by atoms with Crippen LogP contribution in [-0.2, 0) is 11.2 Å². The van der Waals surface area contributed by atoms with Crippen LogP contribution in [0.5, 0.6) is 0 Å². The first kappa shape index (κ1) is 21.9. The minimum Gasteiger partial charge on any atom is -0.360 e. The molecular formula is C22H21ClN6O2S. The van der Waals surface area contributed by atoms with E-state index < -0.39 is 11.2 Å². The van der Waals surface area contributed by atoms with Crippen molar-refractivity contribution in [3.05, 3.63) is 82.6 Å². The number of aromatic nitrogens is 1. The molecule has 2 heterocycles. The normalized spacial score (nSPS) is 16.6. The van der Waals surface area contributed by atoms with Crippen LogP contribution in [0, 0.1) is 5.41 Å². The van der Waals surface area contributed by atoms with Crippen molar-refractivity contribution in [2.75, 3.05) is 22.7 Å². The van der Waals surface area contributed by atoms with Crippen LogP contribution in [-0.4, -0.2) is 40.2 Å². The SMILES string of the molecule is N=CN=C(c1cccc(NC(=O)c2ccc(N3CCCNS3=O)cc2Cl)c1)c1ccc[nH]1. The third-order valence-electron chi connectivity index (χ3n) is 4.89. The Bertz CT molecular complexity index is 1190. The number of halogens is 1. The summed E-state index contributed by atoms with van der Waals surface area (Å²) >= 11 is 5.08. The number of carbonyl (C=O) groups is 1. The molecular weight excluding hydrogens is 448 g/mol. The number of nitrogens with zero attached hydrogens (tertiary/aromatic N) is 2. The highest BCUT2D eigenvalue weighted by molar-refractivity contribution is 7.84. The summed E-state index contributed by atoms with van der Waals surface area (Å²) in [5.74, 6) is -0.359. The van der Waals surface area contributed by atoms with Crippen molar-refractivity contribution in [1.29, 1.82) is 5.41 Å². The zero-order chi connectivity index (χ0) is 22.5. The number of hydrogen-bond donors (Lipinski definition) is 4. The lowest BCUT2D eigenvalue weighted by Crippen LogP contribution is -2.42. The Hall–Kier alpha value is -3.27. The predicted molar refractivity (Wildman–Crippen MR) is 129 cm³/mol. The number of anilines is 2. The van der Waals surface area contributed by atoms with Gasteiger partial charge < -0.3 is 10.3 Å². The molecule has 8 nitrogen and oxygen atoms in total. The number of H-pyrrole nitrogens is 1. The van der Waals surface area contributed by atoms with Crippen molar-refractivity contribution < 1.29 is 9.00 Å². The Labute approximate surface area is 192 Å². The van der Waals surface area contributed by atoms with Gasteiger partial charge in [0.2, 0.25) is 0 Å². The summed E-state index contributed by atoms with van der Waals surface area (Å²) in [6.45, 7) is 1.35. The van der Waals surface area contributed by atoms with Crippen molar-refractivity contribution >= 4 is 52.1 Å². The lowest BCUT2D eigenvalue weighted by atomic mass is 10.1. The van der Waals surface area contributed by atoms with E-state index in [0.717, 1.165) is 24.0 Å². The molecule has 3 aromatic rings. The van der Waals surface area contributed by atoms with Crippen molar-refractivity contribution in [3.63, 3.8) is 0 Å². The highest BCUT2D eigenvalue weighted by Crippen LogP contribution is 2.26. The summed E-state index contributed by atoms with van der Waals surface area (Å²) in [7, 11) is 0. The van der Waals surface area contributed by atoms with Crippen LogP contribution in [0.25, 0.3) is 0 Å². The minimum atomic E-state index is -1.31. The van der Waals surface area contributed by atoms with Crippen LogP contribution < -0.4 is 14.3 Å². The zero-order valence-corrected chi connectivity index (χ0v) is 18.5. The molecule has 1 amide bonds. The minimum absolute atomic E-state index is 0.274. The Morgan fingerprint density at radius 3 is 2.81 bits per heavy atom. The van der Waals surface area contributed by atoms with Gasteiger partial charge in [0, 0.05) is 30.5 Å². The van der Waals surface area contributed by atoms with Crippen LogP contribution >= 0.6 is 11.6 Å². The standard InChI is InChI=1S/C22H21ClN6O2S/c23-19-13-17(29-11-3-10-27-32(29)31)7-8-18(19)22(30)28-16-5-1-4-15(12-16)21(26-14-24)20-6-2-9-25-20/h1-2,4-9,12-14,24-25,27H,3,10-11H2,(H,28,30). The number of hydrogen-bond acceptors (Lipinski definition) is 3. The molecule has 0 radical (unpaired) electrons. The van der Waals surface area contributed by atoms with Crippen molar-refractivity contribution in [3.8, 4) is 0 Å². The Morgan fingerprint density at radius 1 is 1.22 bits per heavy atom. The van der Waals surface area contributed by atoms with Gasteiger partial charge >= 0.3 is 0 Å². The number of aromatic amines is 1. The molecule has 1 aliphatic heterocycles. The smallest absolute Gasteiger partial charge is 0.257 e. The van der Waals surface area contributed by atoms with E-state index in [1.54, 1.807) is 46.9 Å². The fourth-order valence-electron chi connectivity index (χ4n) is 3.40. The van der Waals surface area contributed by atoms with E-state index in [4.69, 9.17) is 17.0 Å². The highest BCUT2D eigenvalue weighted by atomic mass is 35.5. The maximum absolute atomic E-state index is 12.9. The molecule has 164 valence electrons. The second kappa shape index (κ2) is 9.90. The summed E-state index contributed by atoms with van der Waals surface area (Å²) in [6.07, 6.45) is 3.63. The maximum Gasteiger partial charge on any atom is 0.257 e. The van der Waals surface area contributed by atoms with Crippen LogP contribution in [0.1, 0.15) is 28.0 Å². The van der Waals surface area contributed by atoms with Gasteiger partial charge in [-0.25, -0.2) is 13.9 Å². The second-order valence-corrected chi connectivity index (χ2v) is 8.62. The molecule has 0 bridgehead atoms. The average Bonchev–Trinajstić information content (AvgIpc) is 3.32. The van der Waals surface area contributed by atoms with Gasteiger partial charge in [0.25, 0.3) is 5.91 Å². The average molecular weight is 469 g/mol. The van der Waals surface area contributed by atoms with E-state index >= 15 is 0 Å². The highest BCUT2D eigenvalue weighted by Gasteiger charge is 2.20. The second-order valence-electron chi connectivity index (χ2n) is 6.99. The van der Waals surface area contributed by atoms with Crippen molar-refractivity contribution in [2.45, 2.75) is 6.42 Å². The monoisotopic (exact) mass is 468 g/mol. The van der Waals surface area contributed by atoms with Gasteiger partial charge in [-0.1, -0.05) is 23.7 Å². The molecule has 2 aromatic carbocycles. The third kappa shape index (κ3) is 4.80. The molecule has 1 aliphatic rings. The summed E-state index contributed by atoms with van der Waals surface area (Å²) in [6, 6.07) is 15.9. The van der Waals surface area contributed by atoms with Gasteiger partial charge in [0.1, 0.15) is 6.34 Å². The number of nitrogens with one attached hydrogen (secondary N) is 4. The molecule has 0 saturated carbocycles. The largest absolute Gasteiger partial charge is 0.360 e. The molecule has 4 N–H and O–H groups in total. The lowest BCUT2D eigenvalue weighted by Gasteiger charge is -2.27. The fraction of sp³-hybridized carbons (Fsp3) is 0.136. The van der Waals surface area contributed by atoms with Crippen LogP contribution in [0.3, 0.4) is 0 Å². The third-order valence-corrected chi connectivity index (χ3v) is 6.45. The molecule has 10 heteroatoms. The first-order chi connectivity index (χ1) is 15.6. The molecule has 32 heavy (non-hydrogen) atoms. The molecule has 1 unspecified atom stereocenters.